The molecule has 0 aromatic carbocycles. The lowest BCUT2D eigenvalue weighted by molar-refractivity contribution is 0.463. The average molecular weight is 486 g/mol. The molecule has 28 heavy (non-hydrogen) atoms. The maximum Gasteiger partial charge on any atom is 0.239 e. The Morgan fingerprint density at radius 3 is 1.14 bits per heavy atom. The van der Waals surface area contributed by atoms with Crippen molar-refractivity contribution in [1.29, 1.82) is 0 Å². The van der Waals surface area contributed by atoms with Gasteiger partial charge in [-0.1, -0.05) is 0 Å². The van der Waals surface area contributed by atoms with Crippen LogP contribution in [0.15, 0.2) is 13.5 Å². The van der Waals surface area contributed by atoms with E-state index in [1.807, 2.05) is 0 Å². The van der Waals surface area contributed by atoms with Crippen LogP contribution in [0.1, 0.15) is 51.4 Å². The number of hydrogen-bond donors (Lipinski definition) is 0. The van der Waals surface area contributed by atoms with Gasteiger partial charge in [0.2, 0.25) is 20.9 Å². The average Bonchev–Trinajstić information content (AvgIpc) is 3.51. The minimum atomic E-state index is -2.51. The second-order valence-corrected chi connectivity index (χ2v) is 18.6. The van der Waals surface area contributed by atoms with E-state index in [4.69, 9.17) is 36.0 Å². The Morgan fingerprint density at radius 1 is 0.429 bits per heavy atom. The zero-order valence-corrected chi connectivity index (χ0v) is 20.7. The van der Waals surface area contributed by atoms with Crippen molar-refractivity contribution in [1.82, 2.24) is 18.7 Å². The molecule has 0 spiro atoms. The van der Waals surface area contributed by atoms with Crippen molar-refractivity contribution in [3.05, 3.63) is 0 Å². The summed E-state index contributed by atoms with van der Waals surface area (Å²) in [6.07, 6.45) is 9.67. The molecule has 5 aliphatic heterocycles. The van der Waals surface area contributed by atoms with E-state index in [0.717, 1.165) is 52.4 Å². The molecule has 0 radical (unpaired) electrons. The fraction of sp³-hybridized carbons (Fsp3) is 1.00. The second kappa shape index (κ2) is 8.23. The smallest absolute Gasteiger partial charge is 0.239 e. The van der Waals surface area contributed by atoms with E-state index in [0.29, 0.717) is 0 Å². The Hall–Kier alpha value is 1.11. The first-order valence-electron chi connectivity index (χ1n) is 10.9. The SMILES string of the molecule is ClP1(N2CCCC2)=NP(Cl)(N2CCCC2)=NP(N2CCCC2)(N2CCCC2)=N1. The summed E-state index contributed by atoms with van der Waals surface area (Å²) >= 11 is 14.8. The Morgan fingerprint density at radius 2 is 0.750 bits per heavy atom. The van der Waals surface area contributed by atoms with E-state index in [9.17, 15) is 0 Å². The molecule has 5 aliphatic rings. The van der Waals surface area contributed by atoms with E-state index in [1.54, 1.807) is 0 Å². The Bertz CT molecular complexity index is 723. The van der Waals surface area contributed by atoms with E-state index < -0.39 is 20.9 Å². The van der Waals surface area contributed by atoms with Gasteiger partial charge in [0, 0.05) is 52.4 Å². The molecule has 2 atom stereocenters. The van der Waals surface area contributed by atoms with Crippen LogP contribution < -0.4 is 0 Å². The topological polar surface area (TPSA) is 50.0 Å². The molecule has 0 N–H and O–H groups in total. The molecule has 0 aliphatic carbocycles. The third-order valence-corrected chi connectivity index (χ3v) is 20.3. The highest BCUT2D eigenvalue weighted by molar-refractivity contribution is 8.02. The van der Waals surface area contributed by atoms with Crippen LogP contribution in [0.2, 0.25) is 0 Å². The van der Waals surface area contributed by atoms with E-state index in [1.165, 1.54) is 51.4 Å². The van der Waals surface area contributed by atoms with Gasteiger partial charge in [-0.05, 0) is 73.8 Å². The fourth-order valence-corrected chi connectivity index (χ4v) is 21.7. The van der Waals surface area contributed by atoms with Crippen molar-refractivity contribution in [2.24, 2.45) is 13.5 Å². The van der Waals surface area contributed by atoms with Crippen LogP contribution in [0.4, 0.5) is 0 Å². The van der Waals surface area contributed by atoms with Crippen LogP contribution in [0.3, 0.4) is 0 Å². The third kappa shape index (κ3) is 3.65. The van der Waals surface area contributed by atoms with Gasteiger partial charge in [0.05, 0.1) is 0 Å². The van der Waals surface area contributed by atoms with Crippen LogP contribution in [0, 0.1) is 0 Å². The van der Waals surface area contributed by atoms with Gasteiger partial charge in [0.1, 0.15) is 0 Å². The van der Waals surface area contributed by atoms with Crippen molar-refractivity contribution < 1.29 is 0 Å². The van der Waals surface area contributed by atoms with Crippen LogP contribution in [-0.4, -0.2) is 71.0 Å². The summed E-state index contributed by atoms with van der Waals surface area (Å²) in [5.74, 6) is 0. The van der Waals surface area contributed by atoms with Crippen LogP contribution in [0.5, 0.6) is 0 Å². The first kappa shape index (κ1) is 21.0. The summed E-state index contributed by atoms with van der Waals surface area (Å²) in [4.78, 5) is 0. The summed E-state index contributed by atoms with van der Waals surface area (Å²) in [5, 5.41) is 0. The summed E-state index contributed by atoms with van der Waals surface area (Å²) < 4.78 is 26.1. The number of hydrogen-bond acceptors (Lipinski definition) is 7. The molecular weight excluding hydrogens is 454 g/mol. The molecule has 0 saturated carbocycles. The Balaban J connectivity index is 1.71. The molecule has 4 saturated heterocycles. The predicted octanol–water partition coefficient (Wildman–Crippen LogP) is 6.70. The highest BCUT2D eigenvalue weighted by Gasteiger charge is 2.48. The van der Waals surface area contributed by atoms with Crippen molar-refractivity contribution in [2.45, 2.75) is 51.4 Å². The van der Waals surface area contributed by atoms with E-state index in [-0.39, 0.29) is 0 Å². The standard InChI is InChI=1S/C16H32Cl2N7P3/c17-26(22-9-1-2-10-22)19-27(18,23-11-3-4-12-23)21-28(20-26,24-13-5-6-14-24)25-15-7-8-16-25/h1-16H2. The van der Waals surface area contributed by atoms with Gasteiger partial charge in [-0.15, -0.1) is 0 Å². The molecule has 12 heteroatoms. The van der Waals surface area contributed by atoms with Crippen molar-refractivity contribution in [2.75, 3.05) is 52.4 Å². The lowest BCUT2D eigenvalue weighted by Gasteiger charge is -2.43. The second-order valence-electron chi connectivity index (χ2n) is 8.44. The normalized spacial score (nSPS) is 40.5. The molecule has 0 amide bonds. The van der Waals surface area contributed by atoms with E-state index >= 15 is 0 Å². The minimum absolute atomic E-state index is 1.00. The van der Waals surface area contributed by atoms with Crippen molar-refractivity contribution in [3.63, 3.8) is 0 Å². The zero-order valence-electron chi connectivity index (χ0n) is 16.5. The number of nitrogens with zero attached hydrogens (tertiary/aromatic N) is 7. The molecule has 0 bridgehead atoms. The third-order valence-electron chi connectivity index (χ3n) is 6.50. The summed E-state index contributed by atoms with van der Waals surface area (Å²) in [5.41, 5.74) is 0. The number of halogens is 2. The van der Waals surface area contributed by atoms with Gasteiger partial charge in [0.25, 0.3) is 0 Å². The largest absolute Gasteiger partial charge is 0.240 e. The molecule has 2 unspecified atom stereocenters. The van der Waals surface area contributed by atoms with Gasteiger partial charge < -0.3 is 0 Å². The maximum absolute atomic E-state index is 7.42. The molecular formula is C16H32Cl2N7P3. The van der Waals surface area contributed by atoms with Crippen LogP contribution in [0.25, 0.3) is 0 Å². The minimum Gasteiger partial charge on any atom is -0.240 e. The highest BCUT2D eigenvalue weighted by atomic mass is 35.7. The lowest BCUT2D eigenvalue weighted by Crippen LogP contribution is -2.29. The molecule has 5 rings (SSSR count). The van der Waals surface area contributed by atoms with E-state index in [2.05, 4.69) is 18.7 Å². The van der Waals surface area contributed by atoms with Crippen LogP contribution in [-0.2, 0) is 0 Å². The first-order chi connectivity index (χ1) is 13.5. The van der Waals surface area contributed by atoms with Gasteiger partial charge >= 0.3 is 0 Å². The number of rotatable bonds is 4. The monoisotopic (exact) mass is 485 g/mol. The summed E-state index contributed by atoms with van der Waals surface area (Å²) in [7, 11) is -2.26. The van der Waals surface area contributed by atoms with Crippen molar-refractivity contribution in [3.8, 4) is 0 Å². The molecule has 5 heterocycles. The maximum atomic E-state index is 7.42. The van der Waals surface area contributed by atoms with Crippen molar-refractivity contribution >= 4 is 43.4 Å². The van der Waals surface area contributed by atoms with Gasteiger partial charge in [0.15, 0.2) is 0 Å². The van der Waals surface area contributed by atoms with Gasteiger partial charge in [-0.2, -0.15) is 13.5 Å². The first-order valence-corrected chi connectivity index (χ1v) is 17.6. The molecule has 4 fully saturated rings. The quantitative estimate of drug-likeness (QED) is 0.415. The Kier molecular flexibility index (Phi) is 6.17. The zero-order chi connectivity index (χ0) is 19.2. The molecule has 0 aromatic heterocycles. The highest BCUT2D eigenvalue weighted by Crippen LogP contribution is 2.85. The summed E-state index contributed by atoms with van der Waals surface area (Å²) in [6.45, 7) is 3.29. The van der Waals surface area contributed by atoms with Gasteiger partial charge in [-0.25, -0.2) is 18.7 Å². The predicted molar refractivity (Wildman–Crippen MR) is 123 cm³/mol. The molecule has 7 nitrogen and oxygen atoms in total. The Labute approximate surface area is 179 Å². The summed E-state index contributed by atoms with van der Waals surface area (Å²) in [6, 6.07) is 0. The van der Waals surface area contributed by atoms with Crippen LogP contribution >= 0.6 is 43.4 Å². The lowest BCUT2D eigenvalue weighted by atomic mass is 10.4. The fourth-order valence-electron chi connectivity index (χ4n) is 4.98. The molecule has 160 valence electrons. The van der Waals surface area contributed by atoms with Gasteiger partial charge in [-0.3, -0.25) is 0 Å². The molecule has 0 aromatic rings.